The third kappa shape index (κ3) is 5.20. The van der Waals surface area contributed by atoms with Gasteiger partial charge in [0.15, 0.2) is 5.69 Å². The highest BCUT2D eigenvalue weighted by atomic mass is 79.9. The van der Waals surface area contributed by atoms with E-state index >= 15 is 0 Å². The minimum Gasteiger partial charge on any atom is -0.493 e. The number of carboxylic acids is 1. The lowest BCUT2D eigenvalue weighted by molar-refractivity contribution is -0.384. The Bertz CT molecular complexity index is 1070. The van der Waals surface area contributed by atoms with Gasteiger partial charge < -0.3 is 15.2 Å². The van der Waals surface area contributed by atoms with Crippen molar-refractivity contribution in [2.24, 2.45) is 10.2 Å². The van der Waals surface area contributed by atoms with Gasteiger partial charge in [-0.1, -0.05) is 15.9 Å². The summed E-state index contributed by atoms with van der Waals surface area (Å²) in [5, 5.41) is 35.9. The summed E-state index contributed by atoms with van der Waals surface area (Å²) in [5.74, 6) is -1.71. The fourth-order valence-electron chi connectivity index (χ4n) is 2.12. The standard InChI is InChI=1S/C15H9BrN4O4.C2H4O2/c16-9-3-6-12-11(7-9)13(15(22)17-12)18-19-14(21)8-1-4-10(5-2-8)20(23)24;1-2(3)4/h1-7,17,22H;1H3,(H,3,4). The highest BCUT2D eigenvalue weighted by molar-refractivity contribution is 9.10. The number of carbonyl (C=O) groups excluding carboxylic acids is 1. The van der Waals surface area contributed by atoms with E-state index in [1.54, 1.807) is 18.2 Å². The molecule has 1 amide bonds. The third-order valence-corrected chi connectivity index (χ3v) is 3.77. The van der Waals surface area contributed by atoms with Crippen molar-refractivity contribution in [1.82, 2.24) is 4.98 Å². The van der Waals surface area contributed by atoms with Gasteiger partial charge in [-0.25, -0.2) is 0 Å². The number of amides is 1. The zero-order valence-electron chi connectivity index (χ0n) is 14.3. The van der Waals surface area contributed by atoms with E-state index in [-0.39, 0.29) is 22.8 Å². The van der Waals surface area contributed by atoms with Gasteiger partial charge in [-0.05, 0) is 30.3 Å². The number of nitrogens with one attached hydrogen (secondary N) is 1. The van der Waals surface area contributed by atoms with Crippen molar-refractivity contribution in [3.63, 3.8) is 0 Å². The molecule has 1 heterocycles. The largest absolute Gasteiger partial charge is 0.493 e. The molecule has 0 spiro atoms. The molecule has 0 saturated carbocycles. The third-order valence-electron chi connectivity index (χ3n) is 3.28. The second kappa shape index (κ2) is 8.86. The molecule has 3 N–H and O–H groups in total. The number of non-ortho nitro benzene ring substituents is 1. The maximum atomic E-state index is 12.0. The van der Waals surface area contributed by atoms with Crippen LogP contribution in [0, 0.1) is 10.1 Å². The molecule has 11 heteroatoms. The van der Waals surface area contributed by atoms with E-state index in [4.69, 9.17) is 9.90 Å². The SMILES string of the molecule is CC(=O)O.O=C(N=Nc1c(O)[nH]c2ccc(Br)cc12)c1ccc([N+](=O)[O-])cc1. The molecule has 0 fully saturated rings. The van der Waals surface area contributed by atoms with Gasteiger partial charge in [-0.2, -0.15) is 0 Å². The number of hydrogen-bond acceptors (Lipinski definition) is 6. The van der Waals surface area contributed by atoms with Crippen LogP contribution in [0.5, 0.6) is 5.88 Å². The van der Waals surface area contributed by atoms with Crippen molar-refractivity contribution in [3.8, 4) is 5.88 Å². The molecule has 1 aromatic heterocycles. The average Bonchev–Trinajstić information content (AvgIpc) is 2.93. The molecule has 0 unspecified atom stereocenters. The lowest BCUT2D eigenvalue weighted by atomic mass is 10.2. The molecule has 0 aliphatic rings. The summed E-state index contributed by atoms with van der Waals surface area (Å²) < 4.78 is 0.784. The summed E-state index contributed by atoms with van der Waals surface area (Å²) in [6.45, 7) is 1.08. The van der Waals surface area contributed by atoms with Gasteiger partial charge in [0.2, 0.25) is 5.88 Å². The minimum atomic E-state index is -0.833. The number of aromatic amines is 1. The number of carboxylic acid groups (broad SMARTS) is 1. The van der Waals surface area contributed by atoms with Crippen LogP contribution in [-0.4, -0.2) is 32.0 Å². The van der Waals surface area contributed by atoms with Gasteiger partial charge in [0.25, 0.3) is 17.6 Å². The second-order valence-corrected chi connectivity index (χ2v) is 6.26. The maximum absolute atomic E-state index is 12.0. The number of aromatic hydroxyl groups is 1. The summed E-state index contributed by atoms with van der Waals surface area (Å²) in [6.07, 6.45) is 0. The molecular formula is C17H13BrN4O6. The van der Waals surface area contributed by atoms with Gasteiger partial charge in [0.1, 0.15) is 0 Å². The van der Waals surface area contributed by atoms with E-state index in [0.717, 1.165) is 11.4 Å². The Morgan fingerprint density at radius 3 is 2.36 bits per heavy atom. The Morgan fingerprint density at radius 2 is 1.79 bits per heavy atom. The first-order chi connectivity index (χ1) is 13.2. The first-order valence-corrected chi connectivity index (χ1v) is 8.38. The molecule has 0 saturated heterocycles. The summed E-state index contributed by atoms with van der Waals surface area (Å²) >= 11 is 3.32. The molecule has 0 bridgehead atoms. The first kappa shape index (κ1) is 20.7. The first-order valence-electron chi connectivity index (χ1n) is 7.59. The molecule has 0 aliphatic heterocycles. The number of hydrogen-bond donors (Lipinski definition) is 3. The molecule has 3 rings (SSSR count). The van der Waals surface area contributed by atoms with Crippen molar-refractivity contribution < 1.29 is 24.7 Å². The van der Waals surface area contributed by atoms with E-state index in [1.165, 1.54) is 24.3 Å². The Kier molecular flexibility index (Phi) is 6.55. The Balaban J connectivity index is 0.000000640. The van der Waals surface area contributed by atoms with Gasteiger partial charge >= 0.3 is 0 Å². The van der Waals surface area contributed by atoms with Crippen molar-refractivity contribution in [1.29, 1.82) is 0 Å². The number of nitrogens with zero attached hydrogens (tertiary/aromatic N) is 3. The summed E-state index contributed by atoms with van der Waals surface area (Å²) in [5.41, 5.74) is 0.821. The van der Waals surface area contributed by atoms with E-state index in [2.05, 4.69) is 31.1 Å². The molecule has 10 nitrogen and oxygen atoms in total. The number of halogens is 1. The number of nitro groups is 1. The quantitative estimate of drug-likeness (QED) is 0.302. The molecular weight excluding hydrogens is 436 g/mol. The molecule has 0 radical (unpaired) electrons. The highest BCUT2D eigenvalue weighted by Crippen LogP contribution is 2.36. The number of aromatic nitrogens is 1. The number of fused-ring (bicyclic) bond motifs is 1. The molecule has 2 aromatic carbocycles. The lowest BCUT2D eigenvalue weighted by Crippen LogP contribution is -1.94. The van der Waals surface area contributed by atoms with Crippen LogP contribution in [0.1, 0.15) is 17.3 Å². The van der Waals surface area contributed by atoms with E-state index in [0.29, 0.717) is 10.9 Å². The smallest absolute Gasteiger partial charge is 0.300 e. The number of carbonyl (C=O) groups is 2. The predicted molar refractivity (Wildman–Crippen MR) is 103 cm³/mol. The predicted octanol–water partition coefficient (Wildman–Crippen LogP) is 4.56. The number of H-pyrrole nitrogens is 1. The number of nitro benzene ring substituents is 1. The lowest BCUT2D eigenvalue weighted by Gasteiger charge is -1.95. The molecule has 0 atom stereocenters. The number of rotatable bonds is 3. The van der Waals surface area contributed by atoms with Crippen LogP contribution in [0.4, 0.5) is 11.4 Å². The van der Waals surface area contributed by atoms with E-state index in [1.807, 2.05) is 0 Å². The maximum Gasteiger partial charge on any atom is 0.300 e. The number of benzene rings is 2. The summed E-state index contributed by atoms with van der Waals surface area (Å²) in [7, 11) is 0. The van der Waals surface area contributed by atoms with Crippen LogP contribution in [0.3, 0.4) is 0 Å². The molecule has 0 aliphatic carbocycles. The van der Waals surface area contributed by atoms with E-state index < -0.39 is 16.8 Å². The minimum absolute atomic E-state index is 0.123. The van der Waals surface area contributed by atoms with Crippen LogP contribution in [0.2, 0.25) is 0 Å². The number of aliphatic carboxylic acids is 1. The van der Waals surface area contributed by atoms with Gasteiger partial charge in [0, 0.05) is 34.5 Å². The number of azo groups is 1. The van der Waals surface area contributed by atoms with Crippen molar-refractivity contribution in [3.05, 3.63) is 62.6 Å². The zero-order chi connectivity index (χ0) is 20.8. The van der Waals surface area contributed by atoms with Crippen LogP contribution < -0.4 is 0 Å². The van der Waals surface area contributed by atoms with Gasteiger partial charge in [-0.3, -0.25) is 19.7 Å². The van der Waals surface area contributed by atoms with Gasteiger partial charge in [-0.15, -0.1) is 10.2 Å². The Labute approximate surface area is 165 Å². The summed E-state index contributed by atoms with van der Waals surface area (Å²) in [4.78, 5) is 33.8. The highest BCUT2D eigenvalue weighted by Gasteiger charge is 2.13. The van der Waals surface area contributed by atoms with Crippen molar-refractivity contribution in [2.75, 3.05) is 0 Å². The second-order valence-electron chi connectivity index (χ2n) is 5.34. The molecule has 144 valence electrons. The zero-order valence-corrected chi connectivity index (χ0v) is 15.9. The average molecular weight is 449 g/mol. The monoisotopic (exact) mass is 448 g/mol. The Hall–Kier alpha value is -3.60. The fraction of sp³-hybridized carbons (Fsp3) is 0.0588. The van der Waals surface area contributed by atoms with Crippen molar-refractivity contribution >= 4 is 50.1 Å². The van der Waals surface area contributed by atoms with Crippen molar-refractivity contribution in [2.45, 2.75) is 6.92 Å². The molecule has 28 heavy (non-hydrogen) atoms. The van der Waals surface area contributed by atoms with Gasteiger partial charge in [0.05, 0.1) is 10.4 Å². The Morgan fingerprint density at radius 1 is 1.18 bits per heavy atom. The van der Waals surface area contributed by atoms with Crippen LogP contribution >= 0.6 is 15.9 Å². The summed E-state index contributed by atoms with van der Waals surface area (Å²) in [6, 6.07) is 10.3. The normalized spacial score (nSPS) is 10.5. The van der Waals surface area contributed by atoms with Crippen LogP contribution in [0.25, 0.3) is 10.9 Å². The van der Waals surface area contributed by atoms with Crippen LogP contribution in [-0.2, 0) is 4.79 Å². The molecule has 3 aromatic rings. The van der Waals surface area contributed by atoms with Crippen LogP contribution in [0.15, 0.2) is 57.2 Å². The van der Waals surface area contributed by atoms with E-state index in [9.17, 15) is 20.0 Å². The fourth-order valence-corrected chi connectivity index (χ4v) is 2.48. The topological polar surface area (TPSA) is 158 Å².